The highest BCUT2D eigenvalue weighted by molar-refractivity contribution is 5.70. The van der Waals surface area contributed by atoms with Crippen molar-refractivity contribution in [3.63, 3.8) is 0 Å². The Labute approximate surface area is 82.2 Å². The number of aryl methyl sites for hydroxylation is 2. The molecule has 0 aliphatic heterocycles. The number of aromatic hydroxyl groups is 1. The first-order valence-corrected chi connectivity index (χ1v) is 4.83. The summed E-state index contributed by atoms with van der Waals surface area (Å²) in [6, 6.07) is 7.72. The van der Waals surface area contributed by atoms with Crippen LogP contribution in [0.2, 0.25) is 0 Å². The number of aromatic nitrogens is 1. The summed E-state index contributed by atoms with van der Waals surface area (Å²) >= 11 is 0. The minimum absolute atomic E-state index is 0.360. The zero-order valence-corrected chi connectivity index (χ0v) is 7.75. The molecule has 3 rings (SSSR count). The van der Waals surface area contributed by atoms with Gasteiger partial charge in [0.25, 0.3) is 0 Å². The summed E-state index contributed by atoms with van der Waals surface area (Å²) in [5.41, 5.74) is 5.06. The standard InChI is InChI=1S/C12H11NO/c14-10-3-4-11-9(7-10)2-1-8-5-6-13-12(8)11/h3-7,13-14H,1-2H2. The highest BCUT2D eigenvalue weighted by Crippen LogP contribution is 2.33. The second-order valence-corrected chi connectivity index (χ2v) is 3.72. The second kappa shape index (κ2) is 2.64. The first-order valence-electron chi connectivity index (χ1n) is 4.83. The molecule has 0 spiro atoms. The van der Waals surface area contributed by atoms with Crippen LogP contribution < -0.4 is 0 Å². The van der Waals surface area contributed by atoms with Crippen LogP contribution in [0.1, 0.15) is 11.1 Å². The summed E-state index contributed by atoms with van der Waals surface area (Å²) in [5.74, 6) is 0.360. The number of rotatable bonds is 0. The molecular weight excluding hydrogens is 174 g/mol. The number of aromatic amines is 1. The molecule has 2 aromatic rings. The fraction of sp³-hybridized carbons (Fsp3) is 0.167. The SMILES string of the molecule is Oc1ccc2c(c1)CCc1cc[nH]c1-2. The van der Waals surface area contributed by atoms with E-state index < -0.39 is 0 Å². The van der Waals surface area contributed by atoms with Gasteiger partial charge in [-0.25, -0.2) is 0 Å². The van der Waals surface area contributed by atoms with Gasteiger partial charge in [-0.2, -0.15) is 0 Å². The van der Waals surface area contributed by atoms with Crippen LogP contribution in [0, 0.1) is 0 Å². The van der Waals surface area contributed by atoms with E-state index >= 15 is 0 Å². The first-order chi connectivity index (χ1) is 6.84. The molecule has 1 aliphatic rings. The van der Waals surface area contributed by atoms with Crippen LogP contribution >= 0.6 is 0 Å². The lowest BCUT2D eigenvalue weighted by molar-refractivity contribution is 0.474. The molecule has 1 heterocycles. The van der Waals surface area contributed by atoms with Gasteiger partial charge in [0.2, 0.25) is 0 Å². The Morgan fingerprint density at radius 1 is 1.07 bits per heavy atom. The molecule has 1 aromatic carbocycles. The first kappa shape index (κ1) is 7.68. The maximum absolute atomic E-state index is 9.38. The number of nitrogens with one attached hydrogen (secondary N) is 1. The van der Waals surface area contributed by atoms with Crippen LogP contribution in [-0.4, -0.2) is 10.1 Å². The normalized spacial score (nSPS) is 13.4. The van der Waals surface area contributed by atoms with E-state index in [0.29, 0.717) is 5.75 Å². The molecule has 0 saturated heterocycles. The molecule has 0 fully saturated rings. The van der Waals surface area contributed by atoms with Crippen molar-refractivity contribution in [2.24, 2.45) is 0 Å². The van der Waals surface area contributed by atoms with Gasteiger partial charge in [-0.3, -0.25) is 0 Å². The average molecular weight is 185 g/mol. The van der Waals surface area contributed by atoms with Crippen LogP contribution in [0.4, 0.5) is 0 Å². The molecule has 0 unspecified atom stereocenters. The largest absolute Gasteiger partial charge is 0.508 e. The van der Waals surface area contributed by atoms with Crippen LogP contribution in [-0.2, 0) is 12.8 Å². The van der Waals surface area contributed by atoms with E-state index in [-0.39, 0.29) is 0 Å². The predicted octanol–water partition coefficient (Wildman–Crippen LogP) is 2.49. The fourth-order valence-electron chi connectivity index (χ4n) is 2.16. The lowest BCUT2D eigenvalue weighted by Gasteiger charge is -2.16. The lowest BCUT2D eigenvalue weighted by Crippen LogP contribution is -2.01. The molecule has 2 nitrogen and oxygen atoms in total. The monoisotopic (exact) mass is 185 g/mol. The minimum Gasteiger partial charge on any atom is -0.508 e. The van der Waals surface area contributed by atoms with E-state index in [0.717, 1.165) is 12.8 Å². The van der Waals surface area contributed by atoms with Crippen molar-refractivity contribution in [1.82, 2.24) is 4.98 Å². The van der Waals surface area contributed by atoms with Gasteiger partial charge in [0.05, 0.1) is 0 Å². The van der Waals surface area contributed by atoms with Gasteiger partial charge >= 0.3 is 0 Å². The van der Waals surface area contributed by atoms with Gasteiger partial charge < -0.3 is 10.1 Å². The maximum Gasteiger partial charge on any atom is 0.115 e. The summed E-state index contributed by atoms with van der Waals surface area (Å²) in [4.78, 5) is 3.25. The molecule has 0 saturated carbocycles. The van der Waals surface area contributed by atoms with Crippen molar-refractivity contribution >= 4 is 0 Å². The second-order valence-electron chi connectivity index (χ2n) is 3.72. The van der Waals surface area contributed by atoms with Gasteiger partial charge in [-0.05, 0) is 48.2 Å². The van der Waals surface area contributed by atoms with Crippen molar-refractivity contribution in [3.05, 3.63) is 41.6 Å². The molecule has 0 atom stereocenters. The van der Waals surface area contributed by atoms with E-state index in [2.05, 4.69) is 11.1 Å². The molecule has 2 N–H and O–H groups in total. The predicted molar refractivity (Wildman–Crippen MR) is 55.3 cm³/mol. The van der Waals surface area contributed by atoms with Gasteiger partial charge in [-0.15, -0.1) is 0 Å². The lowest BCUT2D eigenvalue weighted by atomic mass is 9.90. The molecule has 14 heavy (non-hydrogen) atoms. The number of phenolic OH excluding ortho intramolecular Hbond substituents is 1. The van der Waals surface area contributed by atoms with Crippen LogP contribution in [0.5, 0.6) is 5.75 Å². The molecule has 0 radical (unpaired) electrons. The fourth-order valence-corrected chi connectivity index (χ4v) is 2.16. The zero-order chi connectivity index (χ0) is 9.54. The Bertz CT molecular complexity index is 485. The summed E-state index contributed by atoms with van der Waals surface area (Å²) in [6.45, 7) is 0. The number of H-pyrrole nitrogens is 1. The molecule has 70 valence electrons. The van der Waals surface area contributed by atoms with Crippen LogP contribution in [0.3, 0.4) is 0 Å². The van der Waals surface area contributed by atoms with Crippen LogP contribution in [0.15, 0.2) is 30.5 Å². The summed E-state index contributed by atoms with van der Waals surface area (Å²) < 4.78 is 0. The molecule has 2 heteroatoms. The third-order valence-corrected chi connectivity index (χ3v) is 2.86. The summed E-state index contributed by atoms with van der Waals surface area (Å²) in [6.07, 6.45) is 4.07. The number of benzene rings is 1. The van der Waals surface area contributed by atoms with Crippen molar-refractivity contribution < 1.29 is 5.11 Å². The Hall–Kier alpha value is -1.70. The Morgan fingerprint density at radius 2 is 1.93 bits per heavy atom. The Balaban J connectivity index is 2.26. The number of hydrogen-bond donors (Lipinski definition) is 2. The molecule has 0 amide bonds. The topological polar surface area (TPSA) is 36.0 Å². The summed E-state index contributed by atoms with van der Waals surface area (Å²) in [5, 5.41) is 9.38. The van der Waals surface area contributed by atoms with E-state index in [1.165, 1.54) is 22.4 Å². The quantitative estimate of drug-likeness (QED) is 0.650. The molecular formula is C12H11NO. The van der Waals surface area contributed by atoms with Gasteiger partial charge in [-0.1, -0.05) is 0 Å². The molecule has 1 aromatic heterocycles. The maximum atomic E-state index is 9.38. The third kappa shape index (κ3) is 0.970. The smallest absolute Gasteiger partial charge is 0.115 e. The number of phenols is 1. The molecule has 1 aliphatic carbocycles. The highest BCUT2D eigenvalue weighted by Gasteiger charge is 2.16. The van der Waals surface area contributed by atoms with Crippen molar-refractivity contribution in [1.29, 1.82) is 0 Å². The summed E-state index contributed by atoms with van der Waals surface area (Å²) in [7, 11) is 0. The van der Waals surface area contributed by atoms with E-state index in [4.69, 9.17) is 0 Å². The van der Waals surface area contributed by atoms with E-state index in [9.17, 15) is 5.11 Å². The highest BCUT2D eigenvalue weighted by atomic mass is 16.3. The van der Waals surface area contributed by atoms with E-state index in [1.807, 2.05) is 18.3 Å². The Morgan fingerprint density at radius 3 is 2.86 bits per heavy atom. The Kier molecular flexibility index (Phi) is 1.45. The van der Waals surface area contributed by atoms with E-state index in [1.54, 1.807) is 6.07 Å². The minimum atomic E-state index is 0.360. The zero-order valence-electron chi connectivity index (χ0n) is 7.75. The van der Waals surface area contributed by atoms with Gasteiger partial charge in [0, 0.05) is 17.5 Å². The van der Waals surface area contributed by atoms with Gasteiger partial charge in [0.15, 0.2) is 0 Å². The molecule has 0 bridgehead atoms. The number of hydrogen-bond acceptors (Lipinski definition) is 1. The number of fused-ring (bicyclic) bond motifs is 3. The third-order valence-electron chi connectivity index (χ3n) is 2.86. The van der Waals surface area contributed by atoms with Crippen molar-refractivity contribution in [2.45, 2.75) is 12.8 Å². The van der Waals surface area contributed by atoms with Gasteiger partial charge in [0.1, 0.15) is 5.75 Å². The van der Waals surface area contributed by atoms with Crippen LogP contribution in [0.25, 0.3) is 11.3 Å². The van der Waals surface area contributed by atoms with Crippen molar-refractivity contribution in [2.75, 3.05) is 0 Å². The van der Waals surface area contributed by atoms with Crippen molar-refractivity contribution in [3.8, 4) is 17.0 Å². The average Bonchev–Trinajstić information content (AvgIpc) is 2.65.